The number of urea groups is 1. The van der Waals surface area contributed by atoms with E-state index in [0.717, 1.165) is 39.0 Å². The van der Waals surface area contributed by atoms with Gasteiger partial charge in [0.25, 0.3) is 0 Å². The fourth-order valence-electron chi connectivity index (χ4n) is 3.96. The molecule has 0 unspecified atom stereocenters. The Balaban J connectivity index is 1.26. The molecule has 0 saturated carbocycles. The van der Waals surface area contributed by atoms with Crippen LogP contribution in [0.1, 0.15) is 30.2 Å². The molecule has 2 amide bonds. The quantitative estimate of drug-likeness (QED) is 0.157. The van der Waals surface area contributed by atoms with E-state index in [0.29, 0.717) is 17.0 Å². The Morgan fingerprint density at radius 1 is 1.15 bits per heavy atom. The van der Waals surface area contributed by atoms with Crippen molar-refractivity contribution < 1.29 is 22.7 Å². The van der Waals surface area contributed by atoms with E-state index in [-0.39, 0.29) is 11.7 Å². The highest BCUT2D eigenvalue weighted by Gasteiger charge is 2.31. The smallest absolute Gasteiger partial charge is 0.406 e. The molecule has 39 heavy (non-hydrogen) atoms. The lowest BCUT2D eigenvalue weighted by Gasteiger charge is -2.09. The Morgan fingerprint density at radius 3 is 2.69 bits per heavy atom. The average Bonchev–Trinajstić information content (AvgIpc) is 3.53. The predicted octanol–water partition coefficient (Wildman–Crippen LogP) is 7.44. The molecule has 0 aliphatic carbocycles. The number of alkyl halides is 3. The van der Waals surface area contributed by atoms with Crippen molar-refractivity contribution in [3.8, 4) is 17.0 Å². The van der Waals surface area contributed by atoms with Crippen LogP contribution in [0.3, 0.4) is 0 Å². The van der Waals surface area contributed by atoms with Gasteiger partial charge in [-0.15, -0.1) is 24.5 Å². The van der Waals surface area contributed by atoms with Crippen LogP contribution in [0, 0.1) is 0 Å². The molecular formula is C26H21F3N6O2S2. The van der Waals surface area contributed by atoms with Crippen molar-refractivity contribution in [2.24, 2.45) is 4.40 Å². The molecule has 8 nitrogen and oxygen atoms in total. The summed E-state index contributed by atoms with van der Waals surface area (Å²) in [4.78, 5) is 21.9. The molecule has 0 radical (unpaired) electrons. The number of aromatic nitrogens is 3. The van der Waals surface area contributed by atoms with Crippen LogP contribution in [-0.2, 0) is 0 Å². The molecule has 0 fully saturated rings. The number of rotatable bonds is 7. The zero-order chi connectivity index (χ0) is 27.6. The Labute approximate surface area is 229 Å². The minimum atomic E-state index is -4.74. The van der Waals surface area contributed by atoms with Gasteiger partial charge in [0.05, 0.1) is 34.4 Å². The van der Waals surface area contributed by atoms with E-state index in [1.807, 2.05) is 48.7 Å². The third-order valence-electron chi connectivity index (χ3n) is 5.64. The van der Waals surface area contributed by atoms with Gasteiger partial charge in [0.1, 0.15) is 17.2 Å². The maximum atomic E-state index is 12.4. The molecule has 0 atom stereocenters. The topological polar surface area (TPSA) is 92.9 Å². The maximum absolute atomic E-state index is 12.4. The van der Waals surface area contributed by atoms with Gasteiger partial charge in [-0.1, -0.05) is 19.9 Å². The molecule has 3 heterocycles. The largest absolute Gasteiger partial charge is 0.573 e. The van der Waals surface area contributed by atoms with Gasteiger partial charge in [0, 0.05) is 23.4 Å². The number of hydrogen-bond donors (Lipinski definition) is 2. The number of amides is 2. The van der Waals surface area contributed by atoms with Gasteiger partial charge in [-0.2, -0.15) is 0 Å². The van der Waals surface area contributed by atoms with Crippen LogP contribution >= 0.6 is 23.5 Å². The van der Waals surface area contributed by atoms with Crippen LogP contribution < -0.4 is 14.8 Å². The predicted molar refractivity (Wildman–Crippen MR) is 148 cm³/mol. The van der Waals surface area contributed by atoms with Crippen LogP contribution in [0.5, 0.6) is 5.75 Å². The molecule has 0 saturated heterocycles. The van der Waals surface area contributed by atoms with Crippen LogP contribution in [0.2, 0.25) is 0 Å². The molecule has 13 heteroatoms. The number of thiazole rings is 1. The van der Waals surface area contributed by atoms with Gasteiger partial charge in [-0.05, 0) is 59.3 Å². The van der Waals surface area contributed by atoms with E-state index in [1.54, 1.807) is 30.1 Å². The number of fused-ring (bicyclic) bond motifs is 3. The highest BCUT2D eigenvalue weighted by molar-refractivity contribution is 7.96. The number of carbonyl (C=O) groups excluding carboxylic acids is 1. The van der Waals surface area contributed by atoms with Gasteiger partial charge in [0.2, 0.25) is 0 Å². The summed E-state index contributed by atoms with van der Waals surface area (Å²) in [5, 5.41) is 4.56. The van der Waals surface area contributed by atoms with Crippen molar-refractivity contribution in [2.75, 3.05) is 5.32 Å². The van der Waals surface area contributed by atoms with E-state index in [1.165, 1.54) is 23.5 Å². The SMILES string of the molecule is CC(C)c1scnc1NC(=O)NSN=Cc1ccc2c(ccn3c(-c4ccc(OC(F)(F)F)cc4)cnc23)c1. The summed E-state index contributed by atoms with van der Waals surface area (Å²) in [6.45, 7) is 4.07. The maximum Gasteiger partial charge on any atom is 0.573 e. The van der Waals surface area contributed by atoms with Crippen molar-refractivity contribution in [3.05, 3.63) is 76.9 Å². The molecule has 5 rings (SSSR count). The minimum absolute atomic E-state index is 0.259. The van der Waals surface area contributed by atoms with Crippen LogP contribution in [0.4, 0.5) is 23.8 Å². The number of anilines is 1. The Kier molecular flexibility index (Phi) is 7.44. The van der Waals surface area contributed by atoms with Crippen molar-refractivity contribution >= 4 is 58.0 Å². The lowest BCUT2D eigenvalue weighted by Crippen LogP contribution is -2.23. The standard InChI is InChI=1S/C26H21F3N6O2S2/c1-15(2)22-23(31-14-38-22)33-25(36)34-39-32-12-16-3-8-20-18(11-16)9-10-35-21(13-30-24(20)35)17-4-6-19(7-5-17)37-26(27,28)29/h3-15H,1-2H3,(H2,33,34,36). The average molecular weight is 571 g/mol. The third-order valence-corrected chi connectivity index (χ3v) is 7.26. The summed E-state index contributed by atoms with van der Waals surface area (Å²) in [5.41, 5.74) is 4.66. The number of carbonyl (C=O) groups is 1. The Hall–Kier alpha value is -4.10. The van der Waals surface area contributed by atoms with Crippen LogP contribution in [0.15, 0.2) is 70.8 Å². The number of ether oxygens (including phenoxy) is 1. The van der Waals surface area contributed by atoms with Crippen molar-refractivity contribution in [1.29, 1.82) is 0 Å². The summed E-state index contributed by atoms with van der Waals surface area (Å²) in [6.07, 6.45) is 0.424. The van der Waals surface area contributed by atoms with E-state index >= 15 is 0 Å². The van der Waals surface area contributed by atoms with Crippen LogP contribution in [0.25, 0.3) is 27.7 Å². The first kappa shape index (κ1) is 26.5. The van der Waals surface area contributed by atoms with E-state index < -0.39 is 12.4 Å². The summed E-state index contributed by atoms with van der Waals surface area (Å²) >= 11 is 2.39. The number of pyridine rings is 1. The number of halogens is 3. The number of benzene rings is 2. The first-order valence-corrected chi connectivity index (χ1v) is 13.3. The fourth-order valence-corrected chi connectivity index (χ4v) is 5.08. The van der Waals surface area contributed by atoms with E-state index in [9.17, 15) is 18.0 Å². The second-order valence-electron chi connectivity index (χ2n) is 8.67. The summed E-state index contributed by atoms with van der Waals surface area (Å²) in [7, 11) is 0. The van der Waals surface area contributed by atoms with Crippen molar-refractivity contribution in [3.63, 3.8) is 0 Å². The lowest BCUT2D eigenvalue weighted by molar-refractivity contribution is -0.274. The molecule has 0 spiro atoms. The molecule has 5 aromatic rings. The molecule has 0 aliphatic heterocycles. The lowest BCUT2D eigenvalue weighted by atomic mass is 10.1. The summed E-state index contributed by atoms with van der Waals surface area (Å²) in [6, 6.07) is 12.9. The van der Waals surface area contributed by atoms with Gasteiger partial charge in [0.15, 0.2) is 0 Å². The molecule has 3 aromatic heterocycles. The second-order valence-corrected chi connectivity index (χ2v) is 10.2. The second kappa shape index (κ2) is 10.9. The number of nitrogens with zero attached hydrogens (tertiary/aromatic N) is 4. The Bertz CT molecular complexity index is 1660. The molecule has 0 aliphatic rings. The van der Waals surface area contributed by atoms with Gasteiger partial charge in [-0.25, -0.2) is 19.2 Å². The fraction of sp³-hybridized carbons (Fsp3) is 0.154. The van der Waals surface area contributed by atoms with Crippen molar-refractivity contribution in [2.45, 2.75) is 26.1 Å². The molecule has 0 bridgehead atoms. The highest BCUT2D eigenvalue weighted by atomic mass is 32.2. The number of imidazole rings is 1. The highest BCUT2D eigenvalue weighted by Crippen LogP contribution is 2.30. The zero-order valence-corrected chi connectivity index (χ0v) is 22.2. The van der Waals surface area contributed by atoms with E-state index in [4.69, 9.17) is 0 Å². The molecular weight excluding hydrogens is 549 g/mol. The first-order valence-electron chi connectivity index (χ1n) is 11.6. The summed E-state index contributed by atoms with van der Waals surface area (Å²) in [5.74, 6) is 0.524. The van der Waals surface area contributed by atoms with Crippen molar-refractivity contribution in [1.82, 2.24) is 19.1 Å². The van der Waals surface area contributed by atoms with Gasteiger partial charge >= 0.3 is 12.4 Å². The third kappa shape index (κ3) is 6.15. The number of nitrogens with one attached hydrogen (secondary N) is 2. The molecule has 2 N–H and O–H groups in total. The summed E-state index contributed by atoms with van der Waals surface area (Å²) < 4.78 is 50.0. The molecule has 2 aromatic carbocycles. The van der Waals surface area contributed by atoms with Crippen LogP contribution in [-0.4, -0.2) is 33.0 Å². The number of hydrogen-bond acceptors (Lipinski definition) is 7. The van der Waals surface area contributed by atoms with Gasteiger partial charge in [-0.3, -0.25) is 14.4 Å². The molecule has 200 valence electrons. The monoisotopic (exact) mass is 570 g/mol. The zero-order valence-electron chi connectivity index (χ0n) is 20.6. The normalized spacial score (nSPS) is 12.1. The first-order chi connectivity index (χ1) is 18.7. The minimum Gasteiger partial charge on any atom is -0.406 e. The Morgan fingerprint density at radius 2 is 1.95 bits per heavy atom. The van der Waals surface area contributed by atoms with Gasteiger partial charge < -0.3 is 4.74 Å². The van der Waals surface area contributed by atoms with E-state index in [2.05, 4.69) is 29.1 Å².